The van der Waals surface area contributed by atoms with Gasteiger partial charge in [-0.25, -0.2) is 4.98 Å². The number of nitrogens with one attached hydrogen (secondary N) is 2. The van der Waals surface area contributed by atoms with Crippen molar-refractivity contribution in [2.75, 3.05) is 19.7 Å². The van der Waals surface area contributed by atoms with Gasteiger partial charge in [-0.1, -0.05) is 11.8 Å². The normalized spacial score (nSPS) is 21.0. The van der Waals surface area contributed by atoms with Gasteiger partial charge in [0.25, 0.3) is 0 Å². The summed E-state index contributed by atoms with van der Waals surface area (Å²) in [6, 6.07) is 0. The van der Waals surface area contributed by atoms with Crippen LogP contribution in [0.4, 0.5) is 0 Å². The van der Waals surface area contributed by atoms with E-state index in [9.17, 15) is 0 Å². The molecule has 2 fully saturated rings. The predicted octanol–water partition coefficient (Wildman–Crippen LogP) is 2.06. The SMILES string of the molecule is Cc1nc(CSc2nnc(C3CCNCC3)n2CC2CCCO2)n[nH]1.Cl. The third kappa shape index (κ3) is 4.57. The van der Waals surface area contributed by atoms with Gasteiger partial charge in [-0.15, -0.1) is 22.6 Å². The van der Waals surface area contributed by atoms with E-state index in [4.69, 9.17) is 4.74 Å². The van der Waals surface area contributed by atoms with Crippen LogP contribution >= 0.6 is 24.2 Å². The summed E-state index contributed by atoms with van der Waals surface area (Å²) < 4.78 is 8.15. The van der Waals surface area contributed by atoms with Crippen molar-refractivity contribution in [3.05, 3.63) is 17.5 Å². The molecule has 4 heterocycles. The quantitative estimate of drug-likeness (QED) is 0.718. The molecule has 144 valence electrons. The lowest BCUT2D eigenvalue weighted by Crippen LogP contribution is -2.29. The van der Waals surface area contributed by atoms with Gasteiger partial charge < -0.3 is 14.6 Å². The lowest BCUT2D eigenvalue weighted by molar-refractivity contribution is 0.0936. The van der Waals surface area contributed by atoms with Crippen LogP contribution in [0.25, 0.3) is 0 Å². The average molecular weight is 400 g/mol. The number of nitrogens with zero attached hydrogens (tertiary/aromatic N) is 5. The van der Waals surface area contributed by atoms with E-state index < -0.39 is 0 Å². The highest BCUT2D eigenvalue weighted by Gasteiger charge is 2.26. The van der Waals surface area contributed by atoms with Crippen LogP contribution in [0.1, 0.15) is 49.1 Å². The Balaban J connectivity index is 0.00000196. The van der Waals surface area contributed by atoms with E-state index in [1.165, 1.54) is 0 Å². The first-order chi connectivity index (χ1) is 12.3. The molecule has 2 aliphatic rings. The van der Waals surface area contributed by atoms with Gasteiger partial charge in [0.1, 0.15) is 11.6 Å². The van der Waals surface area contributed by atoms with Crippen molar-refractivity contribution in [3.63, 3.8) is 0 Å². The Morgan fingerprint density at radius 3 is 2.77 bits per heavy atom. The summed E-state index contributed by atoms with van der Waals surface area (Å²) in [6.45, 7) is 5.74. The number of aromatic nitrogens is 6. The lowest BCUT2D eigenvalue weighted by atomic mass is 9.97. The molecule has 0 spiro atoms. The summed E-state index contributed by atoms with van der Waals surface area (Å²) in [7, 11) is 0. The van der Waals surface area contributed by atoms with Gasteiger partial charge in [-0.2, -0.15) is 5.10 Å². The molecule has 2 aromatic rings. The monoisotopic (exact) mass is 399 g/mol. The van der Waals surface area contributed by atoms with Gasteiger partial charge >= 0.3 is 0 Å². The molecule has 1 atom stereocenters. The number of halogens is 1. The van der Waals surface area contributed by atoms with E-state index in [1.54, 1.807) is 11.8 Å². The fourth-order valence-corrected chi connectivity index (χ4v) is 4.34. The third-order valence-corrected chi connectivity index (χ3v) is 5.80. The van der Waals surface area contributed by atoms with Crippen LogP contribution < -0.4 is 5.32 Å². The highest BCUT2D eigenvalue weighted by atomic mass is 35.5. The molecule has 10 heteroatoms. The maximum atomic E-state index is 5.86. The van der Waals surface area contributed by atoms with Gasteiger partial charge in [0.15, 0.2) is 11.0 Å². The van der Waals surface area contributed by atoms with E-state index >= 15 is 0 Å². The molecule has 2 N–H and O–H groups in total. The molecule has 0 radical (unpaired) electrons. The van der Waals surface area contributed by atoms with Crippen LogP contribution in [-0.2, 0) is 17.0 Å². The number of thioether (sulfide) groups is 1. The van der Waals surface area contributed by atoms with Gasteiger partial charge in [0, 0.05) is 12.5 Å². The van der Waals surface area contributed by atoms with Crippen molar-refractivity contribution in [1.29, 1.82) is 0 Å². The van der Waals surface area contributed by atoms with Crippen LogP contribution in [0.2, 0.25) is 0 Å². The molecule has 2 aromatic heterocycles. The first-order valence-electron chi connectivity index (χ1n) is 9.05. The summed E-state index contributed by atoms with van der Waals surface area (Å²) in [4.78, 5) is 4.38. The molecule has 2 aliphatic heterocycles. The zero-order valence-corrected chi connectivity index (χ0v) is 16.6. The fraction of sp³-hybridized carbons (Fsp3) is 0.750. The standard InChI is InChI=1S/C16H25N7OS.ClH/c1-11-18-14(20-19-11)10-25-16-22-21-15(12-4-6-17-7-5-12)23(16)9-13-3-2-8-24-13;/h12-13,17H,2-10H2,1H3,(H,18,19,20);1H. The first kappa shape index (κ1) is 19.6. The Morgan fingerprint density at radius 1 is 1.23 bits per heavy atom. The number of ether oxygens (including phenoxy) is 1. The number of aryl methyl sites for hydroxylation is 1. The maximum Gasteiger partial charge on any atom is 0.191 e. The number of H-pyrrole nitrogens is 1. The molecule has 1 unspecified atom stereocenters. The van der Waals surface area contributed by atoms with Crippen molar-refractivity contribution in [3.8, 4) is 0 Å². The summed E-state index contributed by atoms with van der Waals surface area (Å²) in [6.07, 6.45) is 4.78. The number of hydrogen-bond acceptors (Lipinski definition) is 7. The van der Waals surface area contributed by atoms with Gasteiger partial charge in [-0.3, -0.25) is 5.10 Å². The largest absolute Gasteiger partial charge is 0.376 e. The van der Waals surface area contributed by atoms with Crippen molar-refractivity contribution in [2.45, 2.75) is 62.1 Å². The first-order valence-corrected chi connectivity index (χ1v) is 10.0. The van der Waals surface area contributed by atoms with Crippen LogP contribution in [0.5, 0.6) is 0 Å². The Kier molecular flexibility index (Phi) is 6.91. The van der Waals surface area contributed by atoms with Crippen molar-refractivity contribution in [2.24, 2.45) is 0 Å². The Bertz CT molecular complexity index is 695. The van der Waals surface area contributed by atoms with Crippen LogP contribution in [0.15, 0.2) is 5.16 Å². The van der Waals surface area contributed by atoms with E-state index in [2.05, 4.69) is 35.3 Å². The van der Waals surface area contributed by atoms with E-state index in [1.807, 2.05) is 6.92 Å². The zero-order chi connectivity index (χ0) is 17.1. The molecular weight excluding hydrogens is 374 g/mol. The molecule has 0 aliphatic carbocycles. The maximum absolute atomic E-state index is 5.86. The van der Waals surface area contributed by atoms with Crippen LogP contribution in [0, 0.1) is 6.92 Å². The molecule has 0 saturated carbocycles. The molecule has 2 saturated heterocycles. The minimum absolute atomic E-state index is 0. The molecule has 0 amide bonds. The lowest BCUT2D eigenvalue weighted by Gasteiger charge is -2.23. The minimum atomic E-state index is 0. The highest BCUT2D eigenvalue weighted by molar-refractivity contribution is 7.98. The topological polar surface area (TPSA) is 93.5 Å². The molecule has 8 nitrogen and oxygen atoms in total. The molecule has 4 rings (SSSR count). The fourth-order valence-electron chi connectivity index (χ4n) is 3.54. The Labute approximate surface area is 163 Å². The van der Waals surface area contributed by atoms with Crippen LogP contribution in [0.3, 0.4) is 0 Å². The summed E-state index contributed by atoms with van der Waals surface area (Å²) >= 11 is 1.65. The molecule has 26 heavy (non-hydrogen) atoms. The number of hydrogen-bond donors (Lipinski definition) is 2. The van der Waals surface area contributed by atoms with Gasteiger partial charge in [0.05, 0.1) is 18.4 Å². The third-order valence-electron chi connectivity index (χ3n) is 4.83. The second kappa shape index (κ2) is 9.16. The van der Waals surface area contributed by atoms with E-state index in [-0.39, 0.29) is 18.5 Å². The van der Waals surface area contributed by atoms with Crippen LogP contribution in [-0.4, -0.2) is 55.7 Å². The van der Waals surface area contributed by atoms with E-state index in [0.717, 1.165) is 74.6 Å². The van der Waals surface area contributed by atoms with Crippen molar-refractivity contribution < 1.29 is 4.74 Å². The molecule has 0 aromatic carbocycles. The number of piperidine rings is 1. The second-order valence-corrected chi connectivity index (χ2v) is 7.68. The average Bonchev–Trinajstić information content (AvgIpc) is 3.36. The van der Waals surface area contributed by atoms with E-state index in [0.29, 0.717) is 11.7 Å². The Morgan fingerprint density at radius 2 is 2.08 bits per heavy atom. The predicted molar refractivity (Wildman–Crippen MR) is 102 cm³/mol. The smallest absolute Gasteiger partial charge is 0.191 e. The summed E-state index contributed by atoms with van der Waals surface area (Å²) in [5, 5.41) is 20.5. The summed E-state index contributed by atoms with van der Waals surface area (Å²) in [5.41, 5.74) is 0. The Hall–Kier alpha value is -1.16. The van der Waals surface area contributed by atoms with Gasteiger partial charge in [-0.05, 0) is 45.7 Å². The highest BCUT2D eigenvalue weighted by Crippen LogP contribution is 2.29. The second-order valence-electron chi connectivity index (χ2n) is 6.74. The van der Waals surface area contributed by atoms with Crippen molar-refractivity contribution >= 4 is 24.2 Å². The summed E-state index contributed by atoms with van der Waals surface area (Å²) in [5.74, 6) is 3.94. The number of rotatable bonds is 6. The molecule has 0 bridgehead atoms. The number of aromatic amines is 1. The zero-order valence-electron chi connectivity index (χ0n) is 15.0. The minimum Gasteiger partial charge on any atom is -0.376 e. The van der Waals surface area contributed by atoms with Crippen molar-refractivity contribution in [1.82, 2.24) is 35.3 Å². The molecular formula is C16H26ClN7OS. The van der Waals surface area contributed by atoms with Gasteiger partial charge in [0.2, 0.25) is 0 Å².